The van der Waals surface area contributed by atoms with E-state index in [4.69, 9.17) is 5.26 Å². The molecule has 0 heterocycles. The first-order chi connectivity index (χ1) is 5.33. The quantitative estimate of drug-likeness (QED) is 0.534. The normalized spacial score (nSPS) is 10.0. The highest BCUT2D eigenvalue weighted by molar-refractivity contribution is 5.15. The Kier molecular flexibility index (Phi) is 3.01. The van der Waals surface area contributed by atoms with Gasteiger partial charge in [0.25, 0.3) is 0 Å². The van der Waals surface area contributed by atoms with Crippen LogP contribution in [0, 0.1) is 5.82 Å². The predicted octanol–water partition coefficient (Wildman–Crippen LogP) is 1.86. The van der Waals surface area contributed by atoms with E-state index < -0.39 is 0 Å². The summed E-state index contributed by atoms with van der Waals surface area (Å²) in [6.07, 6.45) is 0.594. The van der Waals surface area contributed by atoms with Gasteiger partial charge in [0.2, 0.25) is 0 Å². The standard InChI is InChI=1S/C8H9FO2/c9-8-3-1-7(2-4-8)5-6-11-10/h1-4,10H,5-6H2. The minimum Gasteiger partial charge on any atom is -0.252 e. The number of hydrogen-bond acceptors (Lipinski definition) is 2. The van der Waals surface area contributed by atoms with E-state index in [1.54, 1.807) is 12.1 Å². The second-order valence-electron chi connectivity index (χ2n) is 2.21. The predicted molar refractivity (Wildman–Crippen MR) is 38.7 cm³/mol. The largest absolute Gasteiger partial charge is 0.252 e. The van der Waals surface area contributed by atoms with Crippen molar-refractivity contribution < 1.29 is 14.5 Å². The van der Waals surface area contributed by atoms with Crippen LogP contribution >= 0.6 is 0 Å². The molecule has 1 rings (SSSR count). The molecule has 1 aromatic rings. The van der Waals surface area contributed by atoms with Gasteiger partial charge in [0.1, 0.15) is 5.82 Å². The second-order valence-corrected chi connectivity index (χ2v) is 2.21. The molecule has 0 unspecified atom stereocenters. The van der Waals surface area contributed by atoms with Crippen molar-refractivity contribution >= 4 is 0 Å². The van der Waals surface area contributed by atoms with Crippen LogP contribution in [0.3, 0.4) is 0 Å². The van der Waals surface area contributed by atoms with Crippen molar-refractivity contribution in [2.24, 2.45) is 0 Å². The molecule has 0 spiro atoms. The molecule has 1 aromatic carbocycles. The number of hydrogen-bond donors (Lipinski definition) is 1. The van der Waals surface area contributed by atoms with Gasteiger partial charge in [-0.1, -0.05) is 12.1 Å². The fourth-order valence-corrected chi connectivity index (χ4v) is 0.815. The smallest absolute Gasteiger partial charge is 0.123 e. The first-order valence-electron chi connectivity index (χ1n) is 3.34. The van der Waals surface area contributed by atoms with Crippen molar-refractivity contribution in [3.8, 4) is 0 Å². The van der Waals surface area contributed by atoms with Crippen LogP contribution in [0.15, 0.2) is 24.3 Å². The molecular weight excluding hydrogens is 147 g/mol. The summed E-state index contributed by atoms with van der Waals surface area (Å²) in [5.41, 5.74) is 0.945. The summed E-state index contributed by atoms with van der Waals surface area (Å²) in [4.78, 5) is 3.88. The van der Waals surface area contributed by atoms with Crippen LogP contribution in [0.4, 0.5) is 4.39 Å². The summed E-state index contributed by atoms with van der Waals surface area (Å²) in [6.45, 7) is 0.242. The summed E-state index contributed by atoms with van der Waals surface area (Å²) in [5, 5.41) is 8.01. The summed E-state index contributed by atoms with van der Waals surface area (Å²) in [6, 6.07) is 6.09. The van der Waals surface area contributed by atoms with E-state index in [0.717, 1.165) is 5.56 Å². The van der Waals surface area contributed by atoms with Crippen molar-refractivity contribution in [2.75, 3.05) is 6.61 Å². The minimum atomic E-state index is -0.251. The molecule has 0 saturated carbocycles. The van der Waals surface area contributed by atoms with E-state index in [2.05, 4.69) is 4.89 Å². The Balaban J connectivity index is 2.52. The molecule has 0 radical (unpaired) electrons. The first-order valence-corrected chi connectivity index (χ1v) is 3.34. The molecule has 2 nitrogen and oxygen atoms in total. The summed E-state index contributed by atoms with van der Waals surface area (Å²) >= 11 is 0. The van der Waals surface area contributed by atoms with Gasteiger partial charge in [0.05, 0.1) is 6.61 Å². The molecule has 0 amide bonds. The molecule has 11 heavy (non-hydrogen) atoms. The van der Waals surface area contributed by atoms with Gasteiger partial charge in [-0.15, -0.1) is 0 Å². The SMILES string of the molecule is OOCCc1ccc(F)cc1. The van der Waals surface area contributed by atoms with Gasteiger partial charge in [-0.3, -0.25) is 5.26 Å². The zero-order valence-corrected chi connectivity index (χ0v) is 5.96. The van der Waals surface area contributed by atoms with Crippen molar-refractivity contribution in [1.29, 1.82) is 0 Å². The molecule has 0 aliphatic heterocycles. The van der Waals surface area contributed by atoms with E-state index in [1.165, 1.54) is 12.1 Å². The van der Waals surface area contributed by atoms with Crippen LogP contribution < -0.4 is 0 Å². The molecule has 0 saturated heterocycles. The molecule has 60 valence electrons. The summed E-state index contributed by atoms with van der Waals surface area (Å²) < 4.78 is 12.3. The van der Waals surface area contributed by atoms with Gasteiger partial charge >= 0.3 is 0 Å². The Bertz CT molecular complexity index is 208. The van der Waals surface area contributed by atoms with Crippen LogP contribution in [0.2, 0.25) is 0 Å². The van der Waals surface area contributed by atoms with Crippen LogP contribution in [0.1, 0.15) is 5.56 Å². The number of halogens is 1. The Morgan fingerprint density at radius 2 is 1.91 bits per heavy atom. The van der Waals surface area contributed by atoms with E-state index in [9.17, 15) is 4.39 Å². The Morgan fingerprint density at radius 3 is 2.45 bits per heavy atom. The van der Waals surface area contributed by atoms with E-state index >= 15 is 0 Å². The second kappa shape index (κ2) is 4.05. The molecule has 3 heteroatoms. The molecule has 0 fully saturated rings. The maximum absolute atomic E-state index is 12.3. The number of benzene rings is 1. The van der Waals surface area contributed by atoms with Crippen molar-refractivity contribution in [3.05, 3.63) is 35.6 Å². The third kappa shape index (κ3) is 2.65. The molecule has 0 atom stereocenters. The third-order valence-corrected chi connectivity index (χ3v) is 1.40. The van der Waals surface area contributed by atoms with Crippen molar-refractivity contribution in [2.45, 2.75) is 6.42 Å². The van der Waals surface area contributed by atoms with Gasteiger partial charge in [-0.2, -0.15) is 0 Å². The fraction of sp³-hybridized carbons (Fsp3) is 0.250. The Morgan fingerprint density at radius 1 is 1.27 bits per heavy atom. The van der Waals surface area contributed by atoms with E-state index in [1.807, 2.05) is 0 Å². The monoisotopic (exact) mass is 156 g/mol. The average molecular weight is 156 g/mol. The van der Waals surface area contributed by atoms with Crippen LogP contribution in [-0.2, 0) is 11.3 Å². The van der Waals surface area contributed by atoms with Gasteiger partial charge < -0.3 is 0 Å². The lowest BCUT2D eigenvalue weighted by Crippen LogP contribution is -1.94. The highest BCUT2D eigenvalue weighted by Crippen LogP contribution is 2.02. The topological polar surface area (TPSA) is 29.5 Å². The lowest BCUT2D eigenvalue weighted by atomic mass is 10.2. The van der Waals surface area contributed by atoms with Crippen LogP contribution in [0.25, 0.3) is 0 Å². The van der Waals surface area contributed by atoms with Crippen LogP contribution in [0.5, 0.6) is 0 Å². The fourth-order valence-electron chi connectivity index (χ4n) is 0.815. The minimum absolute atomic E-state index is 0.242. The summed E-state index contributed by atoms with van der Waals surface area (Å²) in [7, 11) is 0. The lowest BCUT2D eigenvalue weighted by Gasteiger charge is -1.97. The summed E-state index contributed by atoms with van der Waals surface area (Å²) in [5.74, 6) is -0.251. The highest BCUT2D eigenvalue weighted by atomic mass is 19.1. The average Bonchev–Trinajstić information content (AvgIpc) is 2.04. The first kappa shape index (κ1) is 8.17. The van der Waals surface area contributed by atoms with Gasteiger partial charge in [-0.05, 0) is 24.1 Å². The molecule has 0 aliphatic rings. The zero-order valence-electron chi connectivity index (χ0n) is 5.96. The van der Waals surface area contributed by atoms with Gasteiger partial charge in [0.15, 0.2) is 0 Å². The van der Waals surface area contributed by atoms with Crippen molar-refractivity contribution in [3.63, 3.8) is 0 Å². The molecule has 0 aromatic heterocycles. The highest BCUT2D eigenvalue weighted by Gasteiger charge is 1.92. The van der Waals surface area contributed by atoms with Gasteiger partial charge in [-0.25, -0.2) is 9.28 Å². The zero-order chi connectivity index (χ0) is 8.10. The lowest BCUT2D eigenvalue weighted by molar-refractivity contribution is -0.241. The third-order valence-electron chi connectivity index (χ3n) is 1.40. The molecule has 0 aliphatic carbocycles. The number of rotatable bonds is 3. The van der Waals surface area contributed by atoms with Crippen LogP contribution in [-0.4, -0.2) is 11.9 Å². The molecule has 1 N–H and O–H groups in total. The van der Waals surface area contributed by atoms with E-state index in [-0.39, 0.29) is 12.4 Å². The molecule has 0 bridgehead atoms. The molecular formula is C8H9FO2. The Labute approximate surface area is 64.2 Å². The van der Waals surface area contributed by atoms with Gasteiger partial charge in [0, 0.05) is 0 Å². The maximum Gasteiger partial charge on any atom is 0.123 e. The maximum atomic E-state index is 12.3. The Hall–Kier alpha value is -0.930. The van der Waals surface area contributed by atoms with Crippen molar-refractivity contribution in [1.82, 2.24) is 0 Å². The van der Waals surface area contributed by atoms with E-state index in [0.29, 0.717) is 6.42 Å².